The van der Waals surface area contributed by atoms with Gasteiger partial charge in [-0.3, -0.25) is 9.59 Å². The van der Waals surface area contributed by atoms with E-state index in [0.29, 0.717) is 30.9 Å². The molecule has 27 heavy (non-hydrogen) atoms. The zero-order chi connectivity index (χ0) is 18.6. The van der Waals surface area contributed by atoms with Crippen molar-refractivity contribution < 1.29 is 14.4 Å². The zero-order valence-corrected chi connectivity index (χ0v) is 14.7. The van der Waals surface area contributed by atoms with Crippen molar-refractivity contribution in [1.29, 1.82) is 0 Å². The second-order valence-electron chi connectivity index (χ2n) is 6.52. The molecule has 2 aromatic rings. The summed E-state index contributed by atoms with van der Waals surface area (Å²) in [6, 6.07) is 17.2. The Hall–Kier alpha value is -3.35. The number of carbonyl (C=O) groups is 2. The molecule has 2 aliphatic rings. The van der Waals surface area contributed by atoms with Crippen LogP contribution in [0.2, 0.25) is 0 Å². The molecular formula is C20H20N4O3. The molecule has 2 aromatic carbocycles. The fourth-order valence-corrected chi connectivity index (χ4v) is 3.18. The van der Waals surface area contributed by atoms with Crippen molar-refractivity contribution >= 4 is 28.9 Å². The Morgan fingerprint density at radius 2 is 1.93 bits per heavy atom. The first-order valence-corrected chi connectivity index (χ1v) is 8.90. The van der Waals surface area contributed by atoms with Crippen molar-refractivity contribution in [3.63, 3.8) is 0 Å². The Kier molecular flexibility index (Phi) is 4.74. The van der Waals surface area contributed by atoms with E-state index in [2.05, 4.69) is 15.8 Å². The Morgan fingerprint density at radius 3 is 2.67 bits per heavy atom. The molecule has 2 aliphatic heterocycles. The lowest BCUT2D eigenvalue weighted by Gasteiger charge is -2.28. The van der Waals surface area contributed by atoms with Crippen LogP contribution in [-0.4, -0.2) is 37.2 Å². The third kappa shape index (κ3) is 3.92. The molecule has 0 saturated carbocycles. The van der Waals surface area contributed by atoms with Crippen LogP contribution in [0.4, 0.5) is 11.4 Å². The average Bonchev–Trinajstić information content (AvgIpc) is 3.20. The Bertz CT molecular complexity index is 865. The molecule has 0 bridgehead atoms. The second kappa shape index (κ2) is 7.49. The van der Waals surface area contributed by atoms with Gasteiger partial charge in [-0.1, -0.05) is 35.5 Å². The molecule has 1 unspecified atom stereocenters. The van der Waals surface area contributed by atoms with E-state index in [1.165, 1.54) is 0 Å². The molecule has 0 aromatic heterocycles. The van der Waals surface area contributed by atoms with E-state index < -0.39 is 0 Å². The molecule has 4 rings (SSSR count). The lowest BCUT2D eigenvalue weighted by molar-refractivity contribution is -0.120. The molecule has 7 nitrogen and oxygen atoms in total. The summed E-state index contributed by atoms with van der Waals surface area (Å²) < 4.78 is 0. The van der Waals surface area contributed by atoms with Crippen LogP contribution in [0.3, 0.4) is 0 Å². The Balaban J connectivity index is 1.35. The van der Waals surface area contributed by atoms with Crippen LogP contribution in [0, 0.1) is 0 Å². The highest BCUT2D eigenvalue weighted by Gasteiger charge is 2.27. The summed E-state index contributed by atoms with van der Waals surface area (Å²) >= 11 is 0. The molecule has 0 spiro atoms. The van der Waals surface area contributed by atoms with Gasteiger partial charge in [0.15, 0.2) is 6.10 Å². The van der Waals surface area contributed by atoms with Gasteiger partial charge in [-0.2, -0.15) is 0 Å². The van der Waals surface area contributed by atoms with Gasteiger partial charge in [0.1, 0.15) is 5.71 Å². The smallest absolute Gasteiger partial charge is 0.273 e. The molecule has 0 aliphatic carbocycles. The van der Waals surface area contributed by atoms with E-state index in [4.69, 9.17) is 4.84 Å². The normalized spacial score (nSPS) is 19.1. The van der Waals surface area contributed by atoms with Gasteiger partial charge in [-0.15, -0.1) is 0 Å². The molecule has 0 radical (unpaired) electrons. The zero-order valence-electron chi connectivity index (χ0n) is 14.7. The molecule has 2 N–H and O–H groups in total. The summed E-state index contributed by atoms with van der Waals surface area (Å²) in [5.74, 6) is -0.246. The highest BCUT2D eigenvalue weighted by atomic mass is 16.6. The molecule has 138 valence electrons. The number of amides is 2. The van der Waals surface area contributed by atoms with Gasteiger partial charge >= 0.3 is 0 Å². The van der Waals surface area contributed by atoms with Crippen molar-refractivity contribution in [2.45, 2.75) is 12.5 Å². The number of hydrogen-bond acceptors (Lipinski definition) is 5. The third-order valence-corrected chi connectivity index (χ3v) is 4.63. The van der Waals surface area contributed by atoms with Gasteiger partial charge in [-0.25, -0.2) is 0 Å². The van der Waals surface area contributed by atoms with Gasteiger partial charge in [0, 0.05) is 30.9 Å². The van der Waals surface area contributed by atoms with Gasteiger partial charge in [-0.05, 0) is 29.8 Å². The maximum Gasteiger partial charge on any atom is 0.273 e. The van der Waals surface area contributed by atoms with E-state index in [1.807, 2.05) is 59.5 Å². The summed E-state index contributed by atoms with van der Waals surface area (Å²) in [6.45, 7) is 1.76. The number of benzene rings is 2. The summed E-state index contributed by atoms with van der Waals surface area (Å²) in [5, 5.41) is 9.59. The standard InChI is InChI=1S/C20H20N4O3/c25-19-13-24(11-10-21-19)16-8-6-15(7-9-16)22-20(26)17-12-18(27-23-17)14-4-2-1-3-5-14/h1-9,18H,10-13H2,(H,21,25)(H,22,26). The van der Waals surface area contributed by atoms with Crippen molar-refractivity contribution in [3.8, 4) is 0 Å². The number of oxime groups is 1. The predicted molar refractivity (Wildman–Crippen MR) is 103 cm³/mol. The highest BCUT2D eigenvalue weighted by Crippen LogP contribution is 2.27. The maximum atomic E-state index is 12.4. The molecule has 1 atom stereocenters. The number of nitrogens with one attached hydrogen (secondary N) is 2. The van der Waals surface area contributed by atoms with Crippen LogP contribution in [-0.2, 0) is 14.4 Å². The second-order valence-corrected chi connectivity index (χ2v) is 6.52. The van der Waals surface area contributed by atoms with Crippen molar-refractivity contribution in [1.82, 2.24) is 5.32 Å². The first-order chi connectivity index (χ1) is 13.2. The quantitative estimate of drug-likeness (QED) is 0.870. The molecule has 2 heterocycles. The van der Waals surface area contributed by atoms with Gasteiger partial charge in [0.05, 0.1) is 6.54 Å². The number of piperazine rings is 1. The Labute approximate surface area is 157 Å². The lowest BCUT2D eigenvalue weighted by atomic mass is 10.0. The minimum Gasteiger partial charge on any atom is -0.387 e. The first kappa shape index (κ1) is 17.1. The minimum absolute atomic E-state index is 0.0193. The number of anilines is 2. The van der Waals surface area contributed by atoms with E-state index in [1.54, 1.807) is 0 Å². The topological polar surface area (TPSA) is 83.0 Å². The molecule has 2 amide bonds. The van der Waals surface area contributed by atoms with Crippen LogP contribution in [0.15, 0.2) is 59.8 Å². The number of carbonyl (C=O) groups excluding carboxylic acids is 2. The number of hydrogen-bond donors (Lipinski definition) is 2. The summed E-state index contributed by atoms with van der Waals surface area (Å²) in [5.41, 5.74) is 3.00. The monoisotopic (exact) mass is 364 g/mol. The number of rotatable bonds is 4. The van der Waals surface area contributed by atoms with Crippen molar-refractivity contribution in [3.05, 3.63) is 60.2 Å². The number of nitrogens with zero attached hydrogens (tertiary/aromatic N) is 2. The fraction of sp³-hybridized carbons (Fsp3) is 0.250. The van der Waals surface area contributed by atoms with Gasteiger partial charge in [0.2, 0.25) is 5.91 Å². The van der Waals surface area contributed by atoms with Crippen molar-refractivity contribution in [2.75, 3.05) is 29.9 Å². The largest absolute Gasteiger partial charge is 0.387 e. The molecule has 1 fully saturated rings. The summed E-state index contributed by atoms with van der Waals surface area (Å²) in [6.07, 6.45) is 0.219. The summed E-state index contributed by atoms with van der Waals surface area (Å²) in [4.78, 5) is 31.3. The summed E-state index contributed by atoms with van der Waals surface area (Å²) in [7, 11) is 0. The SMILES string of the molecule is O=C1CN(c2ccc(NC(=O)C3=NOC(c4ccccc4)C3)cc2)CCN1. The molecule has 7 heteroatoms. The molecule has 1 saturated heterocycles. The van der Waals surface area contributed by atoms with Gasteiger partial charge in [0.25, 0.3) is 5.91 Å². The van der Waals surface area contributed by atoms with Gasteiger partial charge < -0.3 is 20.4 Å². The Morgan fingerprint density at radius 1 is 1.15 bits per heavy atom. The lowest BCUT2D eigenvalue weighted by Crippen LogP contribution is -2.47. The maximum absolute atomic E-state index is 12.4. The average molecular weight is 364 g/mol. The third-order valence-electron chi connectivity index (χ3n) is 4.63. The van der Waals surface area contributed by atoms with Crippen LogP contribution in [0.25, 0.3) is 0 Å². The highest BCUT2D eigenvalue weighted by molar-refractivity contribution is 6.43. The fourth-order valence-electron chi connectivity index (χ4n) is 3.18. The van der Waals surface area contributed by atoms with Crippen LogP contribution in [0.1, 0.15) is 18.1 Å². The van der Waals surface area contributed by atoms with E-state index in [0.717, 1.165) is 17.8 Å². The van der Waals surface area contributed by atoms with Crippen molar-refractivity contribution in [2.24, 2.45) is 5.16 Å². The van der Waals surface area contributed by atoms with E-state index in [-0.39, 0.29) is 17.9 Å². The first-order valence-electron chi connectivity index (χ1n) is 8.90. The van der Waals surface area contributed by atoms with Crippen LogP contribution in [0.5, 0.6) is 0 Å². The van der Waals surface area contributed by atoms with E-state index >= 15 is 0 Å². The van der Waals surface area contributed by atoms with E-state index in [9.17, 15) is 9.59 Å². The van der Waals surface area contributed by atoms with Crippen LogP contribution >= 0.6 is 0 Å². The predicted octanol–water partition coefficient (Wildman–Crippen LogP) is 2.08. The minimum atomic E-state index is -0.265. The molecular weight excluding hydrogens is 344 g/mol. The van der Waals surface area contributed by atoms with Crippen LogP contribution < -0.4 is 15.5 Å².